The quantitative estimate of drug-likeness (QED) is 0.835. The number of aryl methyl sites for hydroxylation is 1. The first-order chi connectivity index (χ1) is 9.67. The van der Waals surface area contributed by atoms with Crippen molar-refractivity contribution in [1.82, 2.24) is 20.2 Å². The van der Waals surface area contributed by atoms with Gasteiger partial charge in [-0.15, -0.1) is 0 Å². The summed E-state index contributed by atoms with van der Waals surface area (Å²) >= 11 is 1.47. The fourth-order valence-electron chi connectivity index (χ4n) is 3.31. The van der Waals surface area contributed by atoms with Gasteiger partial charge >= 0.3 is 0 Å². The Bertz CT molecular complexity index is 494. The van der Waals surface area contributed by atoms with Crippen molar-refractivity contribution < 1.29 is 4.79 Å². The Labute approximate surface area is 131 Å². The van der Waals surface area contributed by atoms with Gasteiger partial charge in [0.1, 0.15) is 0 Å². The van der Waals surface area contributed by atoms with Crippen LogP contribution in [-0.4, -0.2) is 38.3 Å². The lowest BCUT2D eigenvalue weighted by Gasteiger charge is -2.46. The number of rotatable bonds is 4. The number of hydrogen-bond acceptors (Lipinski definition) is 4. The van der Waals surface area contributed by atoms with E-state index in [1.807, 2.05) is 17.8 Å². The smallest absolute Gasteiger partial charge is 0.230 e. The number of thioether (sulfide) groups is 1. The highest BCUT2D eigenvalue weighted by Gasteiger charge is 2.38. The van der Waals surface area contributed by atoms with E-state index in [0.717, 1.165) is 18.0 Å². The third-order valence-corrected chi connectivity index (χ3v) is 4.72. The van der Waals surface area contributed by atoms with E-state index in [1.165, 1.54) is 11.8 Å². The van der Waals surface area contributed by atoms with E-state index in [-0.39, 0.29) is 23.0 Å². The maximum atomic E-state index is 12.2. The van der Waals surface area contributed by atoms with Crippen molar-refractivity contribution in [1.29, 1.82) is 0 Å². The summed E-state index contributed by atoms with van der Waals surface area (Å²) in [6.45, 7) is 8.76. The van der Waals surface area contributed by atoms with Crippen LogP contribution >= 0.6 is 11.8 Å². The van der Waals surface area contributed by atoms with Gasteiger partial charge < -0.3 is 15.2 Å². The third-order valence-electron chi connectivity index (χ3n) is 3.66. The van der Waals surface area contributed by atoms with Crippen LogP contribution in [0, 0.1) is 0 Å². The molecule has 0 saturated carbocycles. The molecule has 1 saturated heterocycles. The lowest BCUT2D eigenvalue weighted by Crippen LogP contribution is -2.62. The molecule has 1 aromatic rings. The monoisotopic (exact) mass is 310 g/mol. The summed E-state index contributed by atoms with van der Waals surface area (Å²) in [5.41, 5.74) is 0.0963. The van der Waals surface area contributed by atoms with Crippen molar-refractivity contribution in [3.8, 4) is 0 Å². The largest absolute Gasteiger partial charge is 0.353 e. The fraction of sp³-hybridized carbons (Fsp3) is 0.733. The van der Waals surface area contributed by atoms with Gasteiger partial charge in [-0.2, -0.15) is 0 Å². The zero-order valence-electron chi connectivity index (χ0n) is 13.6. The number of hydrogen-bond donors (Lipinski definition) is 2. The molecular weight excluding hydrogens is 284 g/mol. The predicted molar refractivity (Wildman–Crippen MR) is 86.4 cm³/mol. The highest BCUT2D eigenvalue weighted by atomic mass is 32.2. The van der Waals surface area contributed by atoms with Crippen LogP contribution in [0.15, 0.2) is 17.6 Å². The Morgan fingerprint density at radius 1 is 1.43 bits per heavy atom. The maximum absolute atomic E-state index is 12.2. The molecular formula is C15H26N4OS. The van der Waals surface area contributed by atoms with Crippen LogP contribution in [0.3, 0.4) is 0 Å². The second-order valence-electron chi connectivity index (χ2n) is 7.17. The van der Waals surface area contributed by atoms with Gasteiger partial charge in [0, 0.05) is 36.6 Å². The normalized spacial score (nSPS) is 21.2. The van der Waals surface area contributed by atoms with Crippen LogP contribution in [-0.2, 0) is 11.8 Å². The summed E-state index contributed by atoms with van der Waals surface area (Å²) in [4.78, 5) is 16.4. The molecule has 2 N–H and O–H groups in total. The average Bonchev–Trinajstić information content (AvgIpc) is 2.67. The summed E-state index contributed by atoms with van der Waals surface area (Å²) in [6, 6.07) is 0.228. The molecule has 1 fully saturated rings. The first-order valence-corrected chi connectivity index (χ1v) is 8.34. The first-order valence-electron chi connectivity index (χ1n) is 7.36. The van der Waals surface area contributed by atoms with Crippen molar-refractivity contribution in [3.63, 3.8) is 0 Å². The lowest BCUT2D eigenvalue weighted by molar-refractivity contribution is -0.119. The topological polar surface area (TPSA) is 59.0 Å². The van der Waals surface area contributed by atoms with E-state index in [0.29, 0.717) is 5.75 Å². The van der Waals surface area contributed by atoms with Crippen LogP contribution < -0.4 is 10.6 Å². The fourth-order valence-corrected chi connectivity index (χ4v) is 4.06. The number of carbonyl (C=O) groups excluding carboxylic acids is 1. The van der Waals surface area contributed by atoms with Crippen LogP contribution in [0.1, 0.15) is 40.5 Å². The minimum atomic E-state index is 0.0481. The van der Waals surface area contributed by atoms with Crippen molar-refractivity contribution in [2.24, 2.45) is 7.05 Å². The summed E-state index contributed by atoms with van der Waals surface area (Å²) in [7, 11) is 1.94. The molecule has 2 heterocycles. The van der Waals surface area contributed by atoms with E-state index in [2.05, 4.69) is 43.3 Å². The standard InChI is InChI=1S/C15H26N4OS/c1-14(2)8-11(9-15(3,4)18-14)17-12(20)10-21-13-16-6-7-19(13)5/h6-7,11,18H,8-10H2,1-5H3,(H,17,20). The Hall–Kier alpha value is -1.01. The molecule has 1 aromatic heterocycles. The van der Waals surface area contributed by atoms with E-state index in [1.54, 1.807) is 6.20 Å². The number of piperidine rings is 1. The van der Waals surface area contributed by atoms with Crippen LogP contribution in [0.2, 0.25) is 0 Å². The number of nitrogens with one attached hydrogen (secondary N) is 2. The zero-order valence-corrected chi connectivity index (χ0v) is 14.4. The molecule has 1 amide bonds. The molecule has 0 atom stereocenters. The Balaban J connectivity index is 1.86. The predicted octanol–water partition coefficient (Wildman–Crippen LogP) is 1.94. The van der Waals surface area contributed by atoms with Crippen molar-refractivity contribution in [2.75, 3.05) is 5.75 Å². The Morgan fingerprint density at radius 3 is 2.57 bits per heavy atom. The minimum Gasteiger partial charge on any atom is -0.353 e. The molecule has 1 aliphatic rings. The van der Waals surface area contributed by atoms with Gasteiger partial charge in [-0.1, -0.05) is 11.8 Å². The summed E-state index contributed by atoms with van der Waals surface area (Å²) in [5.74, 6) is 0.497. The van der Waals surface area contributed by atoms with Crippen LogP contribution in [0.25, 0.3) is 0 Å². The molecule has 2 rings (SSSR count). The van der Waals surface area contributed by atoms with Gasteiger partial charge in [0.05, 0.1) is 5.75 Å². The lowest BCUT2D eigenvalue weighted by atomic mass is 9.79. The highest BCUT2D eigenvalue weighted by molar-refractivity contribution is 7.99. The number of imidazole rings is 1. The van der Waals surface area contributed by atoms with E-state index in [4.69, 9.17) is 0 Å². The summed E-state index contributed by atoms with van der Waals surface area (Å²) in [6.07, 6.45) is 5.54. The second kappa shape index (κ2) is 6.01. The molecule has 0 radical (unpaired) electrons. The van der Waals surface area contributed by atoms with Gasteiger partial charge in [-0.05, 0) is 40.5 Å². The highest BCUT2D eigenvalue weighted by Crippen LogP contribution is 2.28. The average molecular weight is 310 g/mol. The molecule has 118 valence electrons. The third kappa shape index (κ3) is 4.74. The molecule has 21 heavy (non-hydrogen) atoms. The Kier molecular flexibility index (Phi) is 4.68. The van der Waals surface area contributed by atoms with Crippen molar-refractivity contribution in [2.45, 2.75) is 62.8 Å². The SMILES string of the molecule is Cn1ccnc1SCC(=O)NC1CC(C)(C)NC(C)(C)C1. The van der Waals surface area contributed by atoms with E-state index in [9.17, 15) is 4.79 Å². The van der Waals surface area contributed by atoms with Crippen molar-refractivity contribution >= 4 is 17.7 Å². The first kappa shape index (κ1) is 16.4. The summed E-state index contributed by atoms with van der Waals surface area (Å²) in [5, 5.41) is 7.67. The molecule has 0 bridgehead atoms. The van der Waals surface area contributed by atoms with Crippen LogP contribution in [0.4, 0.5) is 0 Å². The molecule has 1 aliphatic heterocycles. The van der Waals surface area contributed by atoms with Crippen molar-refractivity contribution in [3.05, 3.63) is 12.4 Å². The number of aromatic nitrogens is 2. The molecule has 6 heteroatoms. The summed E-state index contributed by atoms with van der Waals surface area (Å²) < 4.78 is 1.93. The minimum absolute atomic E-state index is 0.0481. The van der Waals surface area contributed by atoms with Crippen LogP contribution in [0.5, 0.6) is 0 Å². The van der Waals surface area contributed by atoms with Gasteiger partial charge in [0.25, 0.3) is 0 Å². The van der Waals surface area contributed by atoms with E-state index < -0.39 is 0 Å². The van der Waals surface area contributed by atoms with Gasteiger partial charge in [0.15, 0.2) is 5.16 Å². The van der Waals surface area contributed by atoms with Gasteiger partial charge in [-0.3, -0.25) is 4.79 Å². The Morgan fingerprint density at radius 2 is 2.05 bits per heavy atom. The number of carbonyl (C=O) groups is 1. The molecule has 0 aliphatic carbocycles. The molecule has 0 unspecified atom stereocenters. The van der Waals surface area contributed by atoms with Gasteiger partial charge in [0.2, 0.25) is 5.91 Å². The van der Waals surface area contributed by atoms with Gasteiger partial charge in [-0.25, -0.2) is 4.98 Å². The second-order valence-corrected chi connectivity index (χ2v) is 8.12. The maximum Gasteiger partial charge on any atom is 0.230 e. The number of amides is 1. The van der Waals surface area contributed by atoms with E-state index >= 15 is 0 Å². The molecule has 0 aromatic carbocycles. The molecule has 5 nitrogen and oxygen atoms in total. The molecule has 0 spiro atoms. The number of nitrogens with zero attached hydrogens (tertiary/aromatic N) is 2. The zero-order chi connectivity index (χ0) is 15.7.